The van der Waals surface area contributed by atoms with Gasteiger partial charge in [0.2, 0.25) is 0 Å². The van der Waals surface area contributed by atoms with E-state index in [2.05, 4.69) is 41.3 Å². The maximum Gasteiger partial charge on any atom is 0.126 e. The van der Waals surface area contributed by atoms with E-state index in [1.54, 1.807) is 12.1 Å². The average Bonchev–Trinajstić information content (AvgIpc) is 3.33. The zero-order valence-corrected chi connectivity index (χ0v) is 19.6. The number of thioether (sulfide) groups is 1. The van der Waals surface area contributed by atoms with Crippen LogP contribution in [-0.2, 0) is 0 Å². The fourth-order valence-electron chi connectivity index (χ4n) is 4.88. The molecule has 0 aromatic heterocycles. The summed E-state index contributed by atoms with van der Waals surface area (Å²) in [5.41, 5.74) is 3.59. The molecule has 2 aliphatic rings. The molecule has 166 valence electrons. The van der Waals surface area contributed by atoms with Crippen molar-refractivity contribution in [3.05, 3.63) is 88.4 Å². The number of benzene rings is 3. The van der Waals surface area contributed by atoms with Crippen molar-refractivity contribution in [2.75, 3.05) is 32.0 Å². The number of fused-ring (bicyclic) bond motifs is 1. The zero-order chi connectivity index (χ0) is 21.9. The van der Waals surface area contributed by atoms with E-state index >= 15 is 0 Å². The highest BCUT2D eigenvalue weighted by atomic mass is 35.5. The van der Waals surface area contributed by atoms with Crippen molar-refractivity contribution in [3.63, 3.8) is 0 Å². The van der Waals surface area contributed by atoms with Gasteiger partial charge >= 0.3 is 0 Å². The number of phenols is 1. The lowest BCUT2D eigenvalue weighted by Crippen LogP contribution is -2.25. The van der Waals surface area contributed by atoms with Crippen molar-refractivity contribution in [1.29, 1.82) is 0 Å². The third-order valence-corrected chi connectivity index (χ3v) is 7.81. The van der Waals surface area contributed by atoms with Gasteiger partial charge in [-0.05, 0) is 67.4 Å². The van der Waals surface area contributed by atoms with Crippen molar-refractivity contribution in [2.45, 2.75) is 29.6 Å². The molecule has 32 heavy (non-hydrogen) atoms. The molecule has 1 fully saturated rings. The molecule has 0 amide bonds. The summed E-state index contributed by atoms with van der Waals surface area (Å²) < 4.78 is 6.08. The monoisotopic (exact) mass is 465 g/mol. The van der Waals surface area contributed by atoms with Gasteiger partial charge in [-0.2, -0.15) is 0 Å². The third kappa shape index (κ3) is 4.78. The van der Waals surface area contributed by atoms with E-state index < -0.39 is 0 Å². The normalized spacial score (nSPS) is 20.7. The number of rotatable bonds is 6. The van der Waals surface area contributed by atoms with Crippen molar-refractivity contribution in [3.8, 4) is 11.5 Å². The average molecular weight is 466 g/mol. The molecule has 0 saturated carbocycles. The van der Waals surface area contributed by atoms with Crippen LogP contribution in [0.3, 0.4) is 0 Å². The molecule has 3 aromatic rings. The number of ether oxygens (including phenoxy) is 1. The van der Waals surface area contributed by atoms with E-state index in [1.165, 1.54) is 48.5 Å². The largest absolute Gasteiger partial charge is 0.508 e. The van der Waals surface area contributed by atoms with Crippen LogP contribution in [0.5, 0.6) is 11.5 Å². The summed E-state index contributed by atoms with van der Waals surface area (Å²) in [6.45, 7) is 4.24. The Balaban J connectivity index is 1.39. The molecule has 0 aliphatic carbocycles. The van der Waals surface area contributed by atoms with Gasteiger partial charge in [-0.3, -0.25) is 0 Å². The lowest BCUT2D eigenvalue weighted by molar-refractivity contribution is 0.248. The lowest BCUT2D eigenvalue weighted by atomic mass is 9.76. The van der Waals surface area contributed by atoms with Crippen LogP contribution in [0, 0.1) is 0 Å². The van der Waals surface area contributed by atoms with Gasteiger partial charge in [0.1, 0.15) is 11.5 Å². The van der Waals surface area contributed by atoms with Crippen LogP contribution in [0.2, 0.25) is 5.02 Å². The smallest absolute Gasteiger partial charge is 0.126 e. The molecule has 5 rings (SSSR count). The highest BCUT2D eigenvalue weighted by Gasteiger charge is 2.33. The van der Waals surface area contributed by atoms with Crippen LogP contribution in [-0.4, -0.2) is 42.0 Å². The first-order valence-electron chi connectivity index (χ1n) is 11.3. The number of aromatic hydroxyl groups is 1. The Morgan fingerprint density at radius 3 is 2.41 bits per heavy atom. The molecule has 2 atom stereocenters. The molecule has 0 bridgehead atoms. The Kier molecular flexibility index (Phi) is 6.63. The summed E-state index contributed by atoms with van der Waals surface area (Å²) in [6.07, 6.45) is 2.69. The van der Waals surface area contributed by atoms with Gasteiger partial charge in [-0.25, -0.2) is 0 Å². The highest BCUT2D eigenvalue weighted by molar-refractivity contribution is 7.99. The number of phenolic OH excluding ortho intramolecular Hbond substituents is 1. The predicted octanol–water partition coefficient (Wildman–Crippen LogP) is 6.54. The van der Waals surface area contributed by atoms with Crippen LogP contribution >= 0.6 is 23.4 Å². The SMILES string of the molecule is Oc1ccc2c(c1)OC[C@H](c1ccc(Cl)cc1)[C@@H]2c1ccc(SCCN2CCCC2)cc1. The van der Waals surface area contributed by atoms with Crippen LogP contribution in [0.15, 0.2) is 71.6 Å². The van der Waals surface area contributed by atoms with E-state index in [-0.39, 0.29) is 17.6 Å². The molecule has 0 radical (unpaired) electrons. The molecule has 0 unspecified atom stereocenters. The predicted molar refractivity (Wildman–Crippen MR) is 132 cm³/mol. The van der Waals surface area contributed by atoms with E-state index in [9.17, 15) is 5.11 Å². The Hall–Kier alpha value is -2.14. The molecule has 2 aliphatic heterocycles. The minimum atomic E-state index is 0.157. The van der Waals surface area contributed by atoms with E-state index in [0.29, 0.717) is 6.61 Å². The fourth-order valence-corrected chi connectivity index (χ4v) is 5.92. The summed E-state index contributed by atoms with van der Waals surface area (Å²) >= 11 is 8.07. The van der Waals surface area contributed by atoms with Crippen LogP contribution < -0.4 is 4.74 Å². The minimum Gasteiger partial charge on any atom is -0.508 e. The second kappa shape index (κ2) is 9.78. The molecular formula is C27H28ClNO2S. The Bertz CT molecular complexity index is 1050. The van der Waals surface area contributed by atoms with E-state index in [4.69, 9.17) is 16.3 Å². The quantitative estimate of drug-likeness (QED) is 0.419. The summed E-state index contributed by atoms with van der Waals surface area (Å²) in [7, 11) is 0. The van der Waals surface area contributed by atoms with Crippen LogP contribution in [0.25, 0.3) is 0 Å². The summed E-state index contributed by atoms with van der Waals surface area (Å²) in [4.78, 5) is 3.88. The molecule has 5 heteroatoms. The molecule has 0 spiro atoms. The molecule has 2 heterocycles. The number of hydrogen-bond donors (Lipinski definition) is 1. The van der Waals surface area contributed by atoms with E-state index in [1.807, 2.05) is 30.0 Å². The van der Waals surface area contributed by atoms with Crippen molar-refractivity contribution < 1.29 is 9.84 Å². The Labute approximate surface area is 199 Å². The second-order valence-electron chi connectivity index (χ2n) is 8.64. The number of nitrogens with zero attached hydrogens (tertiary/aromatic N) is 1. The number of hydrogen-bond acceptors (Lipinski definition) is 4. The number of halogens is 1. The van der Waals surface area contributed by atoms with Gasteiger partial charge in [0, 0.05) is 45.7 Å². The van der Waals surface area contributed by atoms with Crippen molar-refractivity contribution in [2.24, 2.45) is 0 Å². The van der Waals surface area contributed by atoms with Gasteiger partial charge in [0.05, 0.1) is 6.61 Å². The summed E-state index contributed by atoms with van der Waals surface area (Å²) in [6, 6.07) is 22.6. The molecule has 3 aromatic carbocycles. The Morgan fingerprint density at radius 2 is 1.66 bits per heavy atom. The summed E-state index contributed by atoms with van der Waals surface area (Å²) in [5, 5.41) is 10.7. The molecule has 1 saturated heterocycles. The van der Waals surface area contributed by atoms with Gasteiger partial charge in [0.25, 0.3) is 0 Å². The topological polar surface area (TPSA) is 32.7 Å². The molecule has 3 nitrogen and oxygen atoms in total. The first-order valence-corrected chi connectivity index (χ1v) is 12.7. The van der Waals surface area contributed by atoms with Gasteiger partial charge in [-0.15, -0.1) is 11.8 Å². The lowest BCUT2D eigenvalue weighted by Gasteiger charge is -2.34. The van der Waals surface area contributed by atoms with Gasteiger partial charge in [0.15, 0.2) is 0 Å². The number of likely N-dealkylation sites (tertiary alicyclic amines) is 1. The highest BCUT2D eigenvalue weighted by Crippen LogP contribution is 2.47. The maximum atomic E-state index is 9.96. The first-order chi connectivity index (χ1) is 15.7. The minimum absolute atomic E-state index is 0.157. The summed E-state index contributed by atoms with van der Waals surface area (Å²) in [5.74, 6) is 2.47. The first kappa shape index (κ1) is 21.7. The third-order valence-electron chi connectivity index (χ3n) is 6.57. The van der Waals surface area contributed by atoms with Gasteiger partial charge in [-0.1, -0.05) is 41.9 Å². The maximum absolute atomic E-state index is 9.96. The van der Waals surface area contributed by atoms with Crippen LogP contribution in [0.1, 0.15) is 41.4 Å². The van der Waals surface area contributed by atoms with Crippen molar-refractivity contribution >= 4 is 23.4 Å². The standard InChI is InChI=1S/C27H28ClNO2S/c28-21-7-3-19(4-8-21)25-18-31-26-17-22(30)9-12-24(26)27(25)20-5-10-23(11-6-20)32-16-15-29-13-1-2-14-29/h3-12,17,25,27,30H,1-2,13-16,18H2/t25-,27-/m1/s1. The van der Waals surface area contributed by atoms with E-state index in [0.717, 1.165) is 22.1 Å². The van der Waals surface area contributed by atoms with Gasteiger partial charge < -0.3 is 14.7 Å². The molecule has 1 N–H and O–H groups in total. The second-order valence-corrected chi connectivity index (χ2v) is 10.2. The Morgan fingerprint density at radius 1 is 0.938 bits per heavy atom. The zero-order valence-electron chi connectivity index (χ0n) is 18.0. The molecular weight excluding hydrogens is 438 g/mol. The van der Waals surface area contributed by atoms with Crippen molar-refractivity contribution in [1.82, 2.24) is 4.90 Å². The fraction of sp³-hybridized carbons (Fsp3) is 0.333. The van der Waals surface area contributed by atoms with Crippen LogP contribution in [0.4, 0.5) is 0 Å².